The summed E-state index contributed by atoms with van der Waals surface area (Å²) in [4.78, 5) is 0. The first-order chi connectivity index (χ1) is 9.77. The van der Waals surface area contributed by atoms with Crippen molar-refractivity contribution in [2.24, 2.45) is 0 Å². The summed E-state index contributed by atoms with van der Waals surface area (Å²) in [7, 11) is 0. The van der Waals surface area contributed by atoms with Crippen LogP contribution in [0, 0.1) is 0 Å². The lowest BCUT2D eigenvalue weighted by atomic mass is 10.2. The summed E-state index contributed by atoms with van der Waals surface area (Å²) in [5, 5.41) is 0.782. The van der Waals surface area contributed by atoms with E-state index in [0.29, 0.717) is 20.2 Å². The standard InChI is InChI=1S/C12H6Br2S/c13-7-1-3-11-9(5-7)10-6-8(14)2-4-12(10)15-11/h1-6H/i1D,2D,3D,4D,5D,6D. The lowest BCUT2D eigenvalue weighted by Gasteiger charge is -1.93. The van der Waals surface area contributed by atoms with E-state index in [1.54, 1.807) is 0 Å². The van der Waals surface area contributed by atoms with E-state index in [9.17, 15) is 0 Å². The summed E-state index contributed by atoms with van der Waals surface area (Å²) in [6.07, 6.45) is 0. The Bertz CT molecular complexity index is 859. The van der Waals surface area contributed by atoms with Crippen LogP contribution in [0.5, 0.6) is 0 Å². The minimum atomic E-state index is -0.0812. The van der Waals surface area contributed by atoms with E-state index in [1.165, 1.54) is 0 Å². The second-order valence-electron chi connectivity index (χ2n) is 2.89. The quantitative estimate of drug-likeness (QED) is 0.498. The van der Waals surface area contributed by atoms with Gasteiger partial charge in [-0.2, -0.15) is 0 Å². The van der Waals surface area contributed by atoms with E-state index in [2.05, 4.69) is 31.9 Å². The van der Waals surface area contributed by atoms with Gasteiger partial charge in [0.15, 0.2) is 0 Å². The monoisotopic (exact) mass is 346 g/mol. The first-order valence-electron chi connectivity index (χ1n) is 7.04. The van der Waals surface area contributed by atoms with Crippen LogP contribution in [0.1, 0.15) is 8.22 Å². The van der Waals surface area contributed by atoms with Gasteiger partial charge in [-0.15, -0.1) is 11.3 Å². The number of rotatable bonds is 0. The molecule has 3 heteroatoms. The van der Waals surface area contributed by atoms with Crippen molar-refractivity contribution in [3.05, 3.63) is 45.2 Å². The van der Waals surface area contributed by atoms with Gasteiger partial charge in [-0.25, -0.2) is 0 Å². The fourth-order valence-corrected chi connectivity index (χ4v) is 2.86. The molecule has 0 spiro atoms. The van der Waals surface area contributed by atoms with Crippen LogP contribution in [0.3, 0.4) is 0 Å². The fourth-order valence-electron chi connectivity index (χ4n) is 1.35. The number of benzene rings is 2. The molecule has 0 aliphatic rings. The average Bonchev–Trinajstić information content (AvgIpc) is 2.87. The molecule has 0 radical (unpaired) electrons. The molecule has 0 saturated carbocycles. The highest BCUT2D eigenvalue weighted by Crippen LogP contribution is 2.36. The largest absolute Gasteiger partial charge is 0.135 e. The molecule has 0 saturated heterocycles. The molecule has 1 aromatic heterocycles. The molecule has 3 rings (SSSR count). The third-order valence-electron chi connectivity index (χ3n) is 1.95. The molecule has 0 unspecified atom stereocenters. The Labute approximate surface area is 117 Å². The number of thiophene rings is 1. The molecule has 15 heavy (non-hydrogen) atoms. The van der Waals surface area contributed by atoms with Crippen LogP contribution < -0.4 is 0 Å². The second-order valence-corrected chi connectivity index (χ2v) is 5.49. The van der Waals surface area contributed by atoms with Crippen LogP contribution in [0.15, 0.2) is 45.2 Å². The topological polar surface area (TPSA) is 0 Å². The minimum absolute atomic E-state index is 0.0319. The van der Waals surface area contributed by atoms with Crippen molar-refractivity contribution >= 4 is 63.4 Å². The van der Waals surface area contributed by atoms with Crippen LogP contribution in [0.4, 0.5) is 0 Å². The van der Waals surface area contributed by atoms with Crippen LogP contribution in [0.2, 0.25) is 0 Å². The first-order valence-corrected chi connectivity index (χ1v) is 6.44. The molecule has 0 amide bonds. The van der Waals surface area contributed by atoms with Gasteiger partial charge >= 0.3 is 0 Å². The summed E-state index contributed by atoms with van der Waals surface area (Å²) in [6, 6.07) is -0.153. The van der Waals surface area contributed by atoms with Gasteiger partial charge in [0.25, 0.3) is 0 Å². The van der Waals surface area contributed by atoms with Crippen molar-refractivity contribution in [1.82, 2.24) is 0 Å². The Morgan fingerprint density at radius 3 is 1.80 bits per heavy atom. The van der Waals surface area contributed by atoms with E-state index in [0.717, 1.165) is 11.3 Å². The van der Waals surface area contributed by atoms with Crippen molar-refractivity contribution < 1.29 is 8.22 Å². The molecule has 0 N–H and O–H groups in total. The molecular formula is C12H6Br2S. The molecule has 0 aliphatic heterocycles. The Morgan fingerprint density at radius 1 is 0.867 bits per heavy atom. The molecule has 74 valence electrons. The van der Waals surface area contributed by atoms with Crippen LogP contribution in [-0.4, -0.2) is 0 Å². The summed E-state index contributed by atoms with van der Waals surface area (Å²) in [6.45, 7) is 0. The Hall–Kier alpha value is -0.380. The van der Waals surface area contributed by atoms with Crippen LogP contribution in [0.25, 0.3) is 20.2 Å². The summed E-state index contributed by atoms with van der Waals surface area (Å²) < 4.78 is 49.3. The van der Waals surface area contributed by atoms with Gasteiger partial charge < -0.3 is 0 Å². The fraction of sp³-hybridized carbons (Fsp3) is 0. The third kappa shape index (κ3) is 1.63. The van der Waals surface area contributed by atoms with Crippen LogP contribution in [-0.2, 0) is 0 Å². The molecule has 0 bridgehead atoms. The zero-order valence-electron chi connectivity index (χ0n) is 13.2. The van der Waals surface area contributed by atoms with Crippen molar-refractivity contribution in [1.29, 1.82) is 0 Å². The number of halogens is 2. The molecule has 2 aromatic carbocycles. The highest BCUT2D eigenvalue weighted by molar-refractivity contribution is 9.10. The highest BCUT2D eigenvalue weighted by Gasteiger charge is 2.05. The van der Waals surface area contributed by atoms with Gasteiger partial charge in [-0.05, 0) is 36.3 Å². The van der Waals surface area contributed by atoms with Crippen molar-refractivity contribution in [3.8, 4) is 0 Å². The normalized spacial score (nSPS) is 16.9. The van der Waals surface area contributed by atoms with E-state index < -0.39 is 0 Å². The average molecular weight is 348 g/mol. The Morgan fingerprint density at radius 2 is 1.33 bits per heavy atom. The van der Waals surface area contributed by atoms with Gasteiger partial charge in [-0.3, -0.25) is 0 Å². The Balaban J connectivity index is 2.73. The molecule has 1 heterocycles. The maximum absolute atomic E-state index is 8.17. The first kappa shape index (κ1) is 5.30. The molecule has 0 fully saturated rings. The van der Waals surface area contributed by atoms with Crippen molar-refractivity contribution in [3.63, 3.8) is 0 Å². The molecule has 3 aromatic rings. The maximum atomic E-state index is 8.17. The molecule has 0 atom stereocenters. The van der Waals surface area contributed by atoms with Crippen molar-refractivity contribution in [2.45, 2.75) is 0 Å². The maximum Gasteiger partial charge on any atom is 0.0642 e. The highest BCUT2D eigenvalue weighted by atomic mass is 79.9. The lowest BCUT2D eigenvalue weighted by Crippen LogP contribution is -1.67. The number of hydrogen-bond donors (Lipinski definition) is 0. The van der Waals surface area contributed by atoms with E-state index in [1.807, 2.05) is 0 Å². The van der Waals surface area contributed by atoms with E-state index in [4.69, 9.17) is 8.22 Å². The summed E-state index contributed by atoms with van der Waals surface area (Å²) in [5.41, 5.74) is 0. The van der Waals surface area contributed by atoms with Crippen LogP contribution >= 0.6 is 43.2 Å². The Kier molecular flexibility index (Phi) is 1.26. The zero-order chi connectivity index (χ0) is 15.6. The predicted molar refractivity (Wildman–Crippen MR) is 74.7 cm³/mol. The summed E-state index contributed by atoms with van der Waals surface area (Å²) >= 11 is 7.39. The van der Waals surface area contributed by atoms with Crippen molar-refractivity contribution in [2.75, 3.05) is 0 Å². The molecule has 0 aliphatic carbocycles. The SMILES string of the molecule is [2H]c1c(Br)c([2H])c2c(sc3c([2H])c([2H])c(Br)c([2H])c32)c1[2H]. The summed E-state index contributed by atoms with van der Waals surface area (Å²) in [5.74, 6) is 0. The van der Waals surface area contributed by atoms with Gasteiger partial charge in [0.1, 0.15) is 0 Å². The van der Waals surface area contributed by atoms with E-state index in [-0.39, 0.29) is 45.2 Å². The van der Waals surface area contributed by atoms with E-state index >= 15 is 0 Å². The van der Waals surface area contributed by atoms with Gasteiger partial charge in [0.2, 0.25) is 0 Å². The number of fused-ring (bicyclic) bond motifs is 3. The number of hydrogen-bond acceptors (Lipinski definition) is 1. The second kappa shape index (κ2) is 3.58. The predicted octanol–water partition coefficient (Wildman–Crippen LogP) is 5.58. The van der Waals surface area contributed by atoms with Gasteiger partial charge in [0, 0.05) is 29.1 Å². The molecule has 0 nitrogen and oxygen atoms in total. The zero-order valence-corrected chi connectivity index (χ0v) is 11.2. The minimum Gasteiger partial charge on any atom is -0.135 e. The molecular weight excluding hydrogens is 336 g/mol. The third-order valence-corrected chi connectivity index (χ3v) is 3.76. The lowest BCUT2D eigenvalue weighted by molar-refractivity contribution is 1.75. The van der Waals surface area contributed by atoms with Gasteiger partial charge in [0.05, 0.1) is 8.22 Å². The van der Waals surface area contributed by atoms with Gasteiger partial charge in [-0.1, -0.05) is 31.9 Å². The smallest absolute Gasteiger partial charge is 0.0642 e.